The van der Waals surface area contributed by atoms with Crippen LogP contribution in [0.25, 0.3) is 0 Å². The van der Waals surface area contributed by atoms with Crippen molar-refractivity contribution in [2.45, 2.75) is 11.3 Å². The Balaban J connectivity index is 1.82. The van der Waals surface area contributed by atoms with Crippen LogP contribution in [0, 0.1) is 0 Å². The van der Waals surface area contributed by atoms with Crippen LogP contribution >= 0.6 is 23.4 Å². The van der Waals surface area contributed by atoms with Crippen LogP contribution in [0.15, 0.2) is 53.7 Å². The molecule has 1 aromatic heterocycles. The molecule has 0 saturated heterocycles. The predicted molar refractivity (Wildman–Crippen MR) is 70.1 cm³/mol. The Kier molecular flexibility index (Phi) is 4.25. The summed E-state index contributed by atoms with van der Waals surface area (Å²) in [5.74, 6) is 1.08. The van der Waals surface area contributed by atoms with Crippen LogP contribution in [0.2, 0.25) is 5.02 Å². The highest BCUT2D eigenvalue weighted by Crippen LogP contribution is 2.18. The molecule has 2 aromatic rings. The minimum absolute atomic E-state index is 0.797. The Morgan fingerprint density at radius 1 is 1.00 bits per heavy atom. The molecule has 0 N–H and O–H groups in total. The van der Waals surface area contributed by atoms with Crippen molar-refractivity contribution in [1.29, 1.82) is 0 Å². The minimum Gasteiger partial charge on any atom is -0.265 e. The second-order valence-electron chi connectivity index (χ2n) is 3.41. The third-order valence-electron chi connectivity index (χ3n) is 2.22. The summed E-state index contributed by atoms with van der Waals surface area (Å²) in [5, 5.41) is 0.797. The average molecular weight is 250 g/mol. The molecule has 82 valence electrons. The minimum atomic E-state index is 0.797. The van der Waals surface area contributed by atoms with Gasteiger partial charge in [-0.15, -0.1) is 11.8 Å². The van der Waals surface area contributed by atoms with Crippen molar-refractivity contribution >= 4 is 23.4 Å². The zero-order chi connectivity index (χ0) is 11.2. The number of thioether (sulfide) groups is 1. The smallest absolute Gasteiger partial charge is 0.0406 e. The van der Waals surface area contributed by atoms with Gasteiger partial charge in [-0.1, -0.05) is 23.7 Å². The molecular weight excluding hydrogens is 238 g/mol. The predicted octanol–water partition coefficient (Wildman–Crippen LogP) is 4.07. The number of hydrogen-bond donors (Lipinski definition) is 0. The van der Waals surface area contributed by atoms with E-state index in [4.69, 9.17) is 11.6 Å². The first-order chi connectivity index (χ1) is 7.84. The highest BCUT2D eigenvalue weighted by atomic mass is 35.5. The molecule has 2 rings (SSSR count). The number of nitrogens with zero attached hydrogens (tertiary/aromatic N) is 1. The number of pyridine rings is 1. The van der Waals surface area contributed by atoms with Gasteiger partial charge in [-0.3, -0.25) is 4.98 Å². The fraction of sp³-hybridized carbons (Fsp3) is 0.154. The SMILES string of the molecule is Clc1ccc(CCSc2ccncc2)cc1. The number of halogens is 1. The summed E-state index contributed by atoms with van der Waals surface area (Å²) in [6.07, 6.45) is 4.71. The summed E-state index contributed by atoms with van der Waals surface area (Å²) in [6.45, 7) is 0. The van der Waals surface area contributed by atoms with Crippen molar-refractivity contribution < 1.29 is 0 Å². The summed E-state index contributed by atoms with van der Waals surface area (Å²) in [4.78, 5) is 5.26. The molecule has 0 aliphatic carbocycles. The normalized spacial score (nSPS) is 10.3. The summed E-state index contributed by atoms with van der Waals surface area (Å²) < 4.78 is 0. The Morgan fingerprint density at radius 3 is 2.38 bits per heavy atom. The molecule has 0 unspecified atom stereocenters. The van der Waals surface area contributed by atoms with Gasteiger partial charge < -0.3 is 0 Å². The largest absolute Gasteiger partial charge is 0.265 e. The molecule has 0 radical (unpaired) electrons. The van der Waals surface area contributed by atoms with Crippen LogP contribution in [0.1, 0.15) is 5.56 Å². The monoisotopic (exact) mass is 249 g/mol. The molecule has 0 aliphatic rings. The first-order valence-corrected chi connectivity index (χ1v) is 6.48. The van der Waals surface area contributed by atoms with Gasteiger partial charge in [-0.2, -0.15) is 0 Å². The van der Waals surface area contributed by atoms with Crippen LogP contribution in [0.4, 0.5) is 0 Å². The topological polar surface area (TPSA) is 12.9 Å². The zero-order valence-electron chi connectivity index (χ0n) is 8.77. The molecule has 1 heterocycles. The molecule has 0 spiro atoms. The molecule has 0 atom stereocenters. The van der Waals surface area contributed by atoms with Gasteiger partial charge >= 0.3 is 0 Å². The number of rotatable bonds is 4. The number of hydrogen-bond acceptors (Lipinski definition) is 2. The van der Waals surface area contributed by atoms with Gasteiger partial charge in [0.2, 0.25) is 0 Å². The third-order valence-corrected chi connectivity index (χ3v) is 3.49. The van der Waals surface area contributed by atoms with Crippen molar-refractivity contribution in [3.05, 3.63) is 59.4 Å². The maximum absolute atomic E-state index is 5.83. The van der Waals surface area contributed by atoms with E-state index in [1.807, 2.05) is 48.4 Å². The summed E-state index contributed by atoms with van der Waals surface area (Å²) in [5.41, 5.74) is 1.32. The van der Waals surface area contributed by atoms with Crippen LogP contribution in [-0.4, -0.2) is 10.7 Å². The Hall–Kier alpha value is -0.990. The molecule has 0 saturated carbocycles. The molecule has 3 heteroatoms. The van der Waals surface area contributed by atoms with Crippen LogP contribution in [0.5, 0.6) is 0 Å². The van der Waals surface area contributed by atoms with Crippen molar-refractivity contribution in [2.24, 2.45) is 0 Å². The van der Waals surface area contributed by atoms with Crippen LogP contribution in [-0.2, 0) is 6.42 Å². The van der Waals surface area contributed by atoms with Crippen LogP contribution < -0.4 is 0 Å². The highest BCUT2D eigenvalue weighted by Gasteiger charge is 1.95. The van der Waals surface area contributed by atoms with E-state index in [1.165, 1.54) is 10.5 Å². The Morgan fingerprint density at radius 2 is 1.69 bits per heavy atom. The summed E-state index contributed by atoms with van der Waals surface area (Å²) in [6, 6.07) is 12.1. The van der Waals surface area contributed by atoms with Gasteiger partial charge in [0, 0.05) is 28.1 Å². The molecule has 0 aliphatic heterocycles. The van der Waals surface area contributed by atoms with E-state index in [2.05, 4.69) is 17.1 Å². The average Bonchev–Trinajstić information content (AvgIpc) is 2.33. The fourth-order valence-corrected chi connectivity index (χ4v) is 2.39. The second kappa shape index (κ2) is 5.92. The Labute approximate surface area is 105 Å². The van der Waals surface area contributed by atoms with E-state index in [0.717, 1.165) is 17.2 Å². The summed E-state index contributed by atoms with van der Waals surface area (Å²) >= 11 is 7.68. The maximum Gasteiger partial charge on any atom is 0.0406 e. The standard InChI is InChI=1S/C13H12ClNS/c14-12-3-1-11(2-4-12)7-10-16-13-5-8-15-9-6-13/h1-6,8-9H,7,10H2. The van der Waals surface area contributed by atoms with Crippen molar-refractivity contribution in [2.75, 3.05) is 5.75 Å². The summed E-state index contributed by atoms with van der Waals surface area (Å²) in [7, 11) is 0. The van der Waals surface area contributed by atoms with Crippen molar-refractivity contribution in [3.63, 3.8) is 0 Å². The van der Waals surface area contributed by atoms with Gasteiger partial charge in [-0.05, 0) is 36.2 Å². The maximum atomic E-state index is 5.83. The zero-order valence-corrected chi connectivity index (χ0v) is 10.3. The lowest BCUT2D eigenvalue weighted by Gasteiger charge is -2.02. The third kappa shape index (κ3) is 3.54. The first kappa shape index (κ1) is 11.5. The van der Waals surface area contributed by atoms with E-state index in [9.17, 15) is 0 Å². The molecular formula is C13H12ClNS. The quantitative estimate of drug-likeness (QED) is 0.758. The van der Waals surface area contributed by atoms with Crippen LogP contribution in [0.3, 0.4) is 0 Å². The molecule has 1 nitrogen and oxygen atoms in total. The van der Waals surface area contributed by atoms with Crippen molar-refractivity contribution in [3.8, 4) is 0 Å². The Bertz CT molecular complexity index is 427. The molecule has 16 heavy (non-hydrogen) atoms. The fourth-order valence-electron chi connectivity index (χ4n) is 1.37. The van der Waals surface area contributed by atoms with Gasteiger partial charge in [-0.25, -0.2) is 0 Å². The number of benzene rings is 1. The lowest BCUT2D eigenvalue weighted by Crippen LogP contribution is -1.87. The molecule has 1 aromatic carbocycles. The van der Waals surface area contributed by atoms with Gasteiger partial charge in [0.1, 0.15) is 0 Å². The molecule has 0 amide bonds. The second-order valence-corrected chi connectivity index (χ2v) is 5.01. The van der Waals surface area contributed by atoms with Crippen molar-refractivity contribution in [1.82, 2.24) is 4.98 Å². The molecule has 0 bridgehead atoms. The van der Waals surface area contributed by atoms with E-state index in [-0.39, 0.29) is 0 Å². The number of aryl methyl sites for hydroxylation is 1. The molecule has 0 fully saturated rings. The van der Waals surface area contributed by atoms with E-state index >= 15 is 0 Å². The van der Waals surface area contributed by atoms with E-state index in [1.54, 1.807) is 0 Å². The lowest BCUT2D eigenvalue weighted by atomic mass is 10.2. The first-order valence-electron chi connectivity index (χ1n) is 5.12. The van der Waals surface area contributed by atoms with Gasteiger partial charge in [0.05, 0.1) is 0 Å². The lowest BCUT2D eigenvalue weighted by molar-refractivity contribution is 1.15. The highest BCUT2D eigenvalue weighted by molar-refractivity contribution is 7.99. The van der Waals surface area contributed by atoms with Gasteiger partial charge in [0.15, 0.2) is 0 Å². The van der Waals surface area contributed by atoms with E-state index in [0.29, 0.717) is 0 Å². The van der Waals surface area contributed by atoms with Gasteiger partial charge in [0.25, 0.3) is 0 Å². The number of aromatic nitrogens is 1. The van der Waals surface area contributed by atoms with E-state index < -0.39 is 0 Å².